The van der Waals surface area contributed by atoms with Gasteiger partial charge in [-0.15, -0.1) is 0 Å². The summed E-state index contributed by atoms with van der Waals surface area (Å²) in [5.41, 5.74) is 5.43. The van der Waals surface area contributed by atoms with E-state index in [-0.39, 0.29) is 0 Å². The van der Waals surface area contributed by atoms with Crippen molar-refractivity contribution in [1.82, 2.24) is 9.97 Å². The van der Waals surface area contributed by atoms with Crippen molar-refractivity contribution >= 4 is 22.6 Å². The van der Waals surface area contributed by atoms with Crippen molar-refractivity contribution in [3.8, 4) is 11.4 Å². The Morgan fingerprint density at radius 2 is 1.89 bits per heavy atom. The number of fused-ring (bicyclic) bond motifs is 1. The molecule has 0 bridgehead atoms. The summed E-state index contributed by atoms with van der Waals surface area (Å²) in [4.78, 5) is 7.87. The third kappa shape index (κ3) is 1.79. The Labute approximate surface area is 111 Å². The lowest BCUT2D eigenvalue weighted by Gasteiger charge is -2.02. The molecule has 0 saturated carbocycles. The minimum absolute atomic E-state index is 0.679. The number of hydrogen-bond donors (Lipinski definition) is 1. The van der Waals surface area contributed by atoms with E-state index in [0.29, 0.717) is 5.02 Å². The molecule has 0 radical (unpaired) electrons. The van der Waals surface area contributed by atoms with Gasteiger partial charge in [0, 0.05) is 5.56 Å². The van der Waals surface area contributed by atoms with Gasteiger partial charge in [-0.25, -0.2) is 4.98 Å². The number of aromatic nitrogens is 2. The highest BCUT2D eigenvalue weighted by molar-refractivity contribution is 6.34. The summed E-state index contributed by atoms with van der Waals surface area (Å²) in [6.45, 7) is 4.21. The van der Waals surface area contributed by atoms with E-state index in [1.54, 1.807) is 0 Å². The molecule has 0 atom stereocenters. The van der Waals surface area contributed by atoms with Crippen molar-refractivity contribution in [2.45, 2.75) is 13.8 Å². The normalized spacial score (nSPS) is 11.1. The number of nitrogens with one attached hydrogen (secondary N) is 1. The third-order valence-corrected chi connectivity index (χ3v) is 3.55. The lowest BCUT2D eigenvalue weighted by molar-refractivity contribution is 1.29. The average molecular weight is 257 g/mol. The lowest BCUT2D eigenvalue weighted by atomic mass is 10.1. The fourth-order valence-electron chi connectivity index (χ4n) is 2.02. The van der Waals surface area contributed by atoms with Gasteiger partial charge < -0.3 is 4.98 Å². The maximum Gasteiger partial charge on any atom is 0.138 e. The van der Waals surface area contributed by atoms with E-state index < -0.39 is 0 Å². The SMILES string of the molecule is Cc1ccc(-c2nc3c(Cl)cccc3[nH]2)cc1C. The Morgan fingerprint density at radius 3 is 2.61 bits per heavy atom. The number of halogens is 1. The van der Waals surface area contributed by atoms with Crippen LogP contribution in [0.4, 0.5) is 0 Å². The number of nitrogens with zero attached hydrogens (tertiary/aromatic N) is 1. The maximum atomic E-state index is 6.13. The molecule has 3 aromatic rings. The summed E-state index contributed by atoms with van der Waals surface area (Å²) in [6.07, 6.45) is 0. The minimum atomic E-state index is 0.679. The molecule has 1 aromatic heterocycles. The highest BCUT2D eigenvalue weighted by atomic mass is 35.5. The van der Waals surface area contributed by atoms with Gasteiger partial charge in [-0.1, -0.05) is 29.8 Å². The predicted octanol–water partition coefficient (Wildman–Crippen LogP) is 4.50. The molecular formula is C15H13ClN2. The maximum absolute atomic E-state index is 6.13. The molecule has 18 heavy (non-hydrogen) atoms. The Kier molecular flexibility index (Phi) is 2.60. The van der Waals surface area contributed by atoms with Crippen molar-refractivity contribution < 1.29 is 0 Å². The Balaban J connectivity index is 2.19. The number of hydrogen-bond acceptors (Lipinski definition) is 1. The highest BCUT2D eigenvalue weighted by Crippen LogP contribution is 2.26. The van der Waals surface area contributed by atoms with Gasteiger partial charge in [-0.3, -0.25) is 0 Å². The first-order valence-electron chi connectivity index (χ1n) is 5.87. The van der Waals surface area contributed by atoms with E-state index in [1.807, 2.05) is 18.2 Å². The van der Waals surface area contributed by atoms with Crippen LogP contribution in [-0.2, 0) is 0 Å². The molecule has 90 valence electrons. The number of rotatable bonds is 1. The smallest absolute Gasteiger partial charge is 0.138 e. The van der Waals surface area contributed by atoms with Crippen LogP contribution in [0.15, 0.2) is 36.4 Å². The van der Waals surface area contributed by atoms with Gasteiger partial charge in [-0.2, -0.15) is 0 Å². The molecule has 0 fully saturated rings. The Hall–Kier alpha value is -1.80. The summed E-state index contributed by atoms with van der Waals surface area (Å²) in [5, 5.41) is 0.679. The minimum Gasteiger partial charge on any atom is -0.338 e. The molecular weight excluding hydrogens is 244 g/mol. The number of aryl methyl sites for hydroxylation is 2. The number of H-pyrrole nitrogens is 1. The second kappa shape index (κ2) is 4.14. The molecule has 2 aromatic carbocycles. The second-order valence-electron chi connectivity index (χ2n) is 4.52. The van der Waals surface area contributed by atoms with E-state index in [4.69, 9.17) is 11.6 Å². The van der Waals surface area contributed by atoms with E-state index in [9.17, 15) is 0 Å². The van der Waals surface area contributed by atoms with Crippen LogP contribution in [0.3, 0.4) is 0 Å². The molecule has 0 unspecified atom stereocenters. The van der Waals surface area contributed by atoms with E-state index in [2.05, 4.69) is 42.0 Å². The van der Waals surface area contributed by atoms with E-state index >= 15 is 0 Å². The highest BCUT2D eigenvalue weighted by Gasteiger charge is 2.08. The summed E-state index contributed by atoms with van der Waals surface area (Å²) < 4.78 is 0. The topological polar surface area (TPSA) is 28.7 Å². The van der Waals surface area contributed by atoms with Crippen LogP contribution in [0.25, 0.3) is 22.4 Å². The van der Waals surface area contributed by atoms with Crippen molar-refractivity contribution in [1.29, 1.82) is 0 Å². The molecule has 0 aliphatic rings. The zero-order chi connectivity index (χ0) is 12.7. The molecule has 0 amide bonds. The largest absolute Gasteiger partial charge is 0.338 e. The van der Waals surface area contributed by atoms with Crippen molar-refractivity contribution in [2.24, 2.45) is 0 Å². The molecule has 0 aliphatic carbocycles. The van der Waals surface area contributed by atoms with Gasteiger partial charge in [-0.05, 0) is 43.2 Å². The summed E-state index contributed by atoms with van der Waals surface area (Å²) in [5.74, 6) is 0.862. The number of aromatic amines is 1. The molecule has 1 N–H and O–H groups in total. The summed E-state index contributed by atoms with van der Waals surface area (Å²) in [6, 6.07) is 12.1. The predicted molar refractivity (Wildman–Crippen MR) is 76.0 cm³/mol. The van der Waals surface area contributed by atoms with Crippen LogP contribution in [-0.4, -0.2) is 9.97 Å². The molecule has 1 heterocycles. The fourth-order valence-corrected chi connectivity index (χ4v) is 2.24. The van der Waals surface area contributed by atoms with Crippen molar-refractivity contribution in [3.05, 3.63) is 52.5 Å². The first-order chi connectivity index (χ1) is 8.65. The molecule has 3 heteroatoms. The Morgan fingerprint density at radius 1 is 1.06 bits per heavy atom. The van der Waals surface area contributed by atoms with E-state index in [0.717, 1.165) is 22.4 Å². The standard InChI is InChI=1S/C15H13ClN2/c1-9-6-7-11(8-10(9)2)15-17-13-5-3-4-12(16)14(13)18-15/h3-8H,1-2H3,(H,17,18). The lowest BCUT2D eigenvalue weighted by Crippen LogP contribution is -1.84. The first kappa shape index (κ1) is 11.3. The number of benzene rings is 2. The van der Waals surface area contributed by atoms with Crippen molar-refractivity contribution in [3.63, 3.8) is 0 Å². The van der Waals surface area contributed by atoms with E-state index in [1.165, 1.54) is 11.1 Å². The van der Waals surface area contributed by atoms with Gasteiger partial charge in [0.2, 0.25) is 0 Å². The molecule has 0 spiro atoms. The van der Waals surface area contributed by atoms with Crippen LogP contribution < -0.4 is 0 Å². The molecule has 3 rings (SSSR count). The Bertz CT molecular complexity index is 728. The van der Waals surface area contributed by atoms with Gasteiger partial charge >= 0.3 is 0 Å². The fraction of sp³-hybridized carbons (Fsp3) is 0.133. The molecule has 0 aliphatic heterocycles. The summed E-state index contributed by atoms with van der Waals surface area (Å²) >= 11 is 6.13. The quantitative estimate of drug-likeness (QED) is 0.682. The monoisotopic (exact) mass is 256 g/mol. The number of imidazole rings is 1. The van der Waals surface area contributed by atoms with Gasteiger partial charge in [0.05, 0.1) is 10.5 Å². The van der Waals surface area contributed by atoms with Crippen LogP contribution in [0.2, 0.25) is 5.02 Å². The zero-order valence-corrected chi connectivity index (χ0v) is 11.0. The van der Waals surface area contributed by atoms with Gasteiger partial charge in [0.15, 0.2) is 0 Å². The van der Waals surface area contributed by atoms with Gasteiger partial charge in [0.1, 0.15) is 11.3 Å². The van der Waals surface area contributed by atoms with Crippen LogP contribution in [0.1, 0.15) is 11.1 Å². The van der Waals surface area contributed by atoms with Crippen molar-refractivity contribution in [2.75, 3.05) is 0 Å². The molecule has 2 nitrogen and oxygen atoms in total. The van der Waals surface area contributed by atoms with Gasteiger partial charge in [0.25, 0.3) is 0 Å². The zero-order valence-electron chi connectivity index (χ0n) is 10.3. The third-order valence-electron chi connectivity index (χ3n) is 3.24. The first-order valence-corrected chi connectivity index (χ1v) is 6.25. The van der Waals surface area contributed by atoms with Crippen LogP contribution >= 0.6 is 11.6 Å². The molecule has 0 saturated heterocycles. The number of para-hydroxylation sites is 1. The van der Waals surface area contributed by atoms with Crippen LogP contribution in [0.5, 0.6) is 0 Å². The second-order valence-corrected chi connectivity index (χ2v) is 4.93. The van der Waals surface area contributed by atoms with Crippen LogP contribution in [0, 0.1) is 13.8 Å². The average Bonchev–Trinajstić information content (AvgIpc) is 2.78. The summed E-state index contributed by atoms with van der Waals surface area (Å²) in [7, 11) is 0.